The Bertz CT molecular complexity index is 643. The van der Waals surface area contributed by atoms with Crippen molar-refractivity contribution in [2.75, 3.05) is 17.2 Å². The van der Waals surface area contributed by atoms with Gasteiger partial charge in [-0.15, -0.1) is 0 Å². The minimum atomic E-state index is -0.384. The maximum Gasteiger partial charge on any atom is 0.255 e. The number of nitrogens with zero attached hydrogens (tertiary/aromatic N) is 1. The molecule has 0 bridgehead atoms. The third-order valence-corrected chi connectivity index (χ3v) is 2.94. The molecule has 5 heteroatoms. The molecule has 0 radical (unpaired) electrons. The number of aryl methyl sites for hydroxylation is 1. The van der Waals surface area contributed by atoms with Crippen LogP contribution in [0, 0.1) is 5.82 Å². The molecule has 1 amide bonds. The van der Waals surface area contributed by atoms with Crippen molar-refractivity contribution in [3.05, 3.63) is 53.5 Å². The summed E-state index contributed by atoms with van der Waals surface area (Å²) in [6.07, 6.45) is 0.736. The second-order valence-corrected chi connectivity index (χ2v) is 4.58. The van der Waals surface area contributed by atoms with E-state index in [-0.39, 0.29) is 11.7 Å². The number of nitrogens with one attached hydrogen (secondary N) is 2. The van der Waals surface area contributed by atoms with Crippen molar-refractivity contribution in [1.29, 1.82) is 0 Å². The van der Waals surface area contributed by atoms with Gasteiger partial charge in [0, 0.05) is 23.5 Å². The van der Waals surface area contributed by atoms with E-state index >= 15 is 0 Å². The molecule has 1 aromatic carbocycles. The summed E-state index contributed by atoms with van der Waals surface area (Å²) in [7, 11) is 0. The van der Waals surface area contributed by atoms with Gasteiger partial charge in [-0.1, -0.05) is 13.0 Å². The van der Waals surface area contributed by atoms with Gasteiger partial charge in [0.15, 0.2) is 0 Å². The van der Waals surface area contributed by atoms with Crippen LogP contribution >= 0.6 is 0 Å². The fourth-order valence-electron chi connectivity index (χ4n) is 1.94. The molecular formula is C16H18FN3O. The quantitative estimate of drug-likeness (QED) is 0.885. The molecule has 0 saturated heterocycles. The Labute approximate surface area is 123 Å². The molecule has 0 spiro atoms. The van der Waals surface area contributed by atoms with Crippen molar-refractivity contribution in [2.24, 2.45) is 0 Å². The summed E-state index contributed by atoms with van der Waals surface area (Å²) >= 11 is 0. The number of benzene rings is 1. The molecule has 0 saturated carbocycles. The first-order valence-electron chi connectivity index (χ1n) is 6.94. The van der Waals surface area contributed by atoms with Gasteiger partial charge in [-0.2, -0.15) is 0 Å². The van der Waals surface area contributed by atoms with Crippen LogP contribution in [0.2, 0.25) is 0 Å². The number of hydrogen-bond acceptors (Lipinski definition) is 3. The Kier molecular flexibility index (Phi) is 4.87. The summed E-state index contributed by atoms with van der Waals surface area (Å²) in [6, 6.07) is 9.26. The van der Waals surface area contributed by atoms with E-state index in [4.69, 9.17) is 0 Å². The number of hydrogen-bond donors (Lipinski definition) is 2. The summed E-state index contributed by atoms with van der Waals surface area (Å²) in [4.78, 5) is 16.7. The summed E-state index contributed by atoms with van der Waals surface area (Å²) in [5.41, 5.74) is 1.76. The van der Waals surface area contributed by atoms with Gasteiger partial charge in [0.05, 0.1) is 0 Å². The molecular weight excluding hydrogens is 269 g/mol. The van der Waals surface area contributed by atoms with Crippen LogP contribution in [0.5, 0.6) is 0 Å². The molecule has 0 aliphatic heterocycles. The van der Waals surface area contributed by atoms with Crippen molar-refractivity contribution in [1.82, 2.24) is 4.98 Å². The molecule has 2 aromatic rings. The van der Waals surface area contributed by atoms with E-state index in [9.17, 15) is 9.18 Å². The number of aromatic nitrogens is 1. The van der Waals surface area contributed by atoms with Crippen LogP contribution < -0.4 is 10.6 Å². The van der Waals surface area contributed by atoms with E-state index in [1.54, 1.807) is 24.3 Å². The highest BCUT2D eigenvalue weighted by molar-refractivity contribution is 6.04. The number of carbonyl (C=O) groups is 1. The third-order valence-electron chi connectivity index (χ3n) is 2.94. The molecule has 0 aliphatic rings. The topological polar surface area (TPSA) is 54.0 Å². The highest BCUT2D eigenvalue weighted by atomic mass is 19.1. The van der Waals surface area contributed by atoms with Crippen LogP contribution in [-0.4, -0.2) is 17.4 Å². The summed E-state index contributed by atoms with van der Waals surface area (Å²) < 4.78 is 13.1. The van der Waals surface area contributed by atoms with Gasteiger partial charge in [-0.3, -0.25) is 4.79 Å². The maximum atomic E-state index is 13.1. The molecule has 0 aliphatic carbocycles. The van der Waals surface area contributed by atoms with Gasteiger partial charge in [0.2, 0.25) is 0 Å². The number of halogens is 1. The first kappa shape index (κ1) is 15.0. The van der Waals surface area contributed by atoms with Gasteiger partial charge >= 0.3 is 0 Å². The van der Waals surface area contributed by atoms with Crippen LogP contribution in [-0.2, 0) is 6.42 Å². The molecule has 0 fully saturated rings. The smallest absolute Gasteiger partial charge is 0.255 e. The number of rotatable bonds is 5. The second-order valence-electron chi connectivity index (χ2n) is 4.58. The van der Waals surface area contributed by atoms with Gasteiger partial charge in [-0.05, 0) is 43.7 Å². The number of carbonyl (C=O) groups excluding carboxylic acids is 1. The lowest BCUT2D eigenvalue weighted by Gasteiger charge is -2.09. The average Bonchev–Trinajstić information content (AvgIpc) is 2.47. The lowest BCUT2D eigenvalue weighted by atomic mass is 10.1. The Morgan fingerprint density at radius 1 is 1.24 bits per heavy atom. The zero-order valence-electron chi connectivity index (χ0n) is 12.1. The van der Waals surface area contributed by atoms with Crippen LogP contribution in [0.3, 0.4) is 0 Å². The highest BCUT2D eigenvalue weighted by Crippen LogP contribution is 2.15. The van der Waals surface area contributed by atoms with Gasteiger partial charge < -0.3 is 10.6 Å². The Balaban J connectivity index is 2.23. The van der Waals surface area contributed by atoms with Crippen molar-refractivity contribution in [3.63, 3.8) is 0 Å². The predicted octanol–water partition coefficient (Wildman–Crippen LogP) is 3.47. The monoisotopic (exact) mass is 287 g/mol. The largest absolute Gasteiger partial charge is 0.370 e. The molecule has 0 unspecified atom stereocenters. The minimum absolute atomic E-state index is 0.281. The number of amides is 1. The molecule has 21 heavy (non-hydrogen) atoms. The van der Waals surface area contributed by atoms with E-state index in [0.29, 0.717) is 17.1 Å². The average molecular weight is 287 g/mol. The SMILES string of the molecule is CCNc1cc(C(=O)Nc2cccc(F)c2)cc(CC)n1. The summed E-state index contributed by atoms with van der Waals surface area (Å²) in [5, 5.41) is 5.78. The van der Waals surface area contributed by atoms with E-state index in [0.717, 1.165) is 18.7 Å². The van der Waals surface area contributed by atoms with E-state index in [1.807, 2.05) is 13.8 Å². The zero-order valence-corrected chi connectivity index (χ0v) is 12.1. The molecule has 1 heterocycles. The van der Waals surface area contributed by atoms with Crippen LogP contribution in [0.4, 0.5) is 15.9 Å². The van der Waals surface area contributed by atoms with Crippen molar-refractivity contribution in [3.8, 4) is 0 Å². The lowest BCUT2D eigenvalue weighted by Crippen LogP contribution is -2.14. The first-order valence-corrected chi connectivity index (χ1v) is 6.94. The van der Waals surface area contributed by atoms with Crippen LogP contribution in [0.25, 0.3) is 0 Å². The van der Waals surface area contributed by atoms with E-state index in [1.165, 1.54) is 12.1 Å². The normalized spacial score (nSPS) is 10.2. The van der Waals surface area contributed by atoms with Crippen molar-refractivity contribution in [2.45, 2.75) is 20.3 Å². The predicted molar refractivity (Wildman–Crippen MR) is 82.1 cm³/mol. The Morgan fingerprint density at radius 2 is 2.05 bits per heavy atom. The highest BCUT2D eigenvalue weighted by Gasteiger charge is 2.10. The molecule has 2 N–H and O–H groups in total. The molecule has 4 nitrogen and oxygen atoms in total. The minimum Gasteiger partial charge on any atom is -0.370 e. The molecule has 0 atom stereocenters. The Hall–Kier alpha value is -2.43. The van der Waals surface area contributed by atoms with Crippen LogP contribution in [0.15, 0.2) is 36.4 Å². The molecule has 1 aromatic heterocycles. The van der Waals surface area contributed by atoms with Gasteiger partial charge in [0.1, 0.15) is 11.6 Å². The third kappa shape index (κ3) is 4.02. The second kappa shape index (κ2) is 6.83. The lowest BCUT2D eigenvalue weighted by molar-refractivity contribution is 0.102. The summed E-state index contributed by atoms with van der Waals surface area (Å²) in [6.45, 7) is 4.67. The molecule has 110 valence electrons. The van der Waals surface area contributed by atoms with Gasteiger partial charge in [0.25, 0.3) is 5.91 Å². The fourth-order valence-corrected chi connectivity index (χ4v) is 1.94. The number of pyridine rings is 1. The van der Waals surface area contributed by atoms with Crippen molar-refractivity contribution >= 4 is 17.4 Å². The maximum absolute atomic E-state index is 13.1. The number of anilines is 2. The van der Waals surface area contributed by atoms with E-state index < -0.39 is 0 Å². The van der Waals surface area contributed by atoms with Crippen LogP contribution in [0.1, 0.15) is 29.9 Å². The fraction of sp³-hybridized carbons (Fsp3) is 0.250. The van der Waals surface area contributed by atoms with E-state index in [2.05, 4.69) is 15.6 Å². The first-order chi connectivity index (χ1) is 10.1. The van der Waals surface area contributed by atoms with Crippen molar-refractivity contribution < 1.29 is 9.18 Å². The Morgan fingerprint density at radius 3 is 2.71 bits per heavy atom. The molecule has 2 rings (SSSR count). The van der Waals surface area contributed by atoms with Gasteiger partial charge in [-0.25, -0.2) is 9.37 Å². The summed E-state index contributed by atoms with van der Waals surface area (Å²) in [5.74, 6) is 0.00297. The zero-order chi connectivity index (χ0) is 15.2. The standard InChI is InChI=1S/C16H18FN3O/c1-3-13-8-11(9-15(19-13)18-4-2)16(21)20-14-7-5-6-12(17)10-14/h5-10H,3-4H2,1-2H3,(H,18,19)(H,20,21).